The highest BCUT2D eigenvalue weighted by molar-refractivity contribution is 7.07. The van der Waals surface area contributed by atoms with E-state index in [1.165, 1.54) is 11.3 Å². The highest BCUT2D eigenvalue weighted by atomic mass is 32.1. The average molecular weight is 570 g/mol. The van der Waals surface area contributed by atoms with Crippen molar-refractivity contribution in [3.63, 3.8) is 0 Å². The maximum Gasteiger partial charge on any atom is 0.338 e. The first-order chi connectivity index (χ1) is 19.9. The molecule has 0 saturated heterocycles. The number of hydrogen-bond donors (Lipinski definition) is 1. The molecule has 0 spiro atoms. The lowest BCUT2D eigenvalue weighted by atomic mass is 9.83. The minimum atomic E-state index is -0.962. The van der Waals surface area contributed by atoms with Gasteiger partial charge in [-0.15, -0.1) is 5.10 Å². The van der Waals surface area contributed by atoms with Crippen molar-refractivity contribution in [2.24, 2.45) is 4.99 Å². The Bertz CT molecular complexity index is 1810. The molecule has 2 aromatic carbocycles. The van der Waals surface area contributed by atoms with Gasteiger partial charge in [-0.1, -0.05) is 84.3 Å². The number of fused-ring (bicyclic) bond motifs is 1. The van der Waals surface area contributed by atoms with E-state index in [4.69, 9.17) is 4.74 Å². The van der Waals surface area contributed by atoms with Gasteiger partial charge in [-0.2, -0.15) is 0 Å². The highest BCUT2D eigenvalue weighted by Crippen LogP contribution is 2.36. The van der Waals surface area contributed by atoms with Gasteiger partial charge < -0.3 is 9.84 Å². The molecule has 1 unspecified atom stereocenters. The van der Waals surface area contributed by atoms with Crippen molar-refractivity contribution in [3.05, 3.63) is 109 Å². The molecule has 1 N–H and O–H groups in total. The van der Waals surface area contributed by atoms with Gasteiger partial charge in [-0.25, -0.2) is 14.5 Å². The summed E-state index contributed by atoms with van der Waals surface area (Å²) in [6, 6.07) is 16.4. The molecule has 3 heterocycles. The molecule has 1 fully saturated rings. The molecule has 6 rings (SSSR count). The second-order valence-electron chi connectivity index (χ2n) is 10.4. The molecule has 41 heavy (non-hydrogen) atoms. The SMILES string of the molecule is CCOC(=O)C1=C(C)N=c2s/c(=C\c3ccccc3-n3cc(C4(O)CCCCC4)nn3)c(=O)n2C1c1ccccc1. The van der Waals surface area contributed by atoms with Crippen LogP contribution in [0.15, 0.2) is 81.9 Å². The smallest absolute Gasteiger partial charge is 0.338 e. The third kappa shape index (κ3) is 4.98. The molecule has 1 atom stereocenters. The standard InChI is InChI=1S/C31H31N5O4S/c1-3-40-29(38)26-20(2)32-30-36(27(26)21-12-6-4-7-13-21)28(37)24(41-30)18-22-14-8-9-15-23(22)35-19-25(33-34-35)31(39)16-10-5-11-17-31/h4,6-9,12-15,18-19,27,39H,3,5,10-11,16-17H2,1-2H3/b24-18-. The first-order valence-corrected chi connectivity index (χ1v) is 14.7. The van der Waals surface area contributed by atoms with E-state index < -0.39 is 17.6 Å². The number of carbonyl (C=O) groups excluding carboxylic acids is 1. The van der Waals surface area contributed by atoms with Crippen LogP contribution in [0.25, 0.3) is 11.8 Å². The van der Waals surface area contributed by atoms with Crippen LogP contribution in [0.5, 0.6) is 0 Å². The maximum atomic E-state index is 14.0. The van der Waals surface area contributed by atoms with Gasteiger partial charge >= 0.3 is 5.97 Å². The van der Waals surface area contributed by atoms with E-state index in [2.05, 4.69) is 15.3 Å². The minimum Gasteiger partial charge on any atom is -0.463 e. The Hall–Kier alpha value is -4.15. The first-order valence-electron chi connectivity index (χ1n) is 13.9. The van der Waals surface area contributed by atoms with E-state index in [9.17, 15) is 14.7 Å². The van der Waals surface area contributed by atoms with Gasteiger partial charge in [-0.3, -0.25) is 9.36 Å². The number of nitrogens with zero attached hydrogens (tertiary/aromatic N) is 5. The van der Waals surface area contributed by atoms with Crippen LogP contribution in [0.4, 0.5) is 0 Å². The Kier molecular flexibility index (Phi) is 7.27. The highest BCUT2D eigenvalue weighted by Gasteiger charge is 2.35. The molecule has 210 valence electrons. The molecular weight excluding hydrogens is 538 g/mol. The molecule has 4 aromatic rings. The molecule has 10 heteroatoms. The van der Waals surface area contributed by atoms with Crippen LogP contribution in [-0.4, -0.2) is 37.2 Å². The molecular formula is C31H31N5O4S. The summed E-state index contributed by atoms with van der Waals surface area (Å²) in [5.74, 6) is -0.483. The number of allylic oxidation sites excluding steroid dienone is 1. The Morgan fingerprint density at radius 1 is 1.12 bits per heavy atom. The molecule has 1 aliphatic carbocycles. The van der Waals surface area contributed by atoms with E-state index in [1.54, 1.807) is 29.3 Å². The summed E-state index contributed by atoms with van der Waals surface area (Å²) < 4.78 is 9.08. The molecule has 0 amide bonds. The average Bonchev–Trinajstić information content (AvgIpc) is 3.59. The topological polar surface area (TPSA) is 112 Å². The van der Waals surface area contributed by atoms with E-state index in [-0.39, 0.29) is 12.2 Å². The Morgan fingerprint density at radius 2 is 1.85 bits per heavy atom. The van der Waals surface area contributed by atoms with Crippen LogP contribution in [-0.2, 0) is 15.1 Å². The number of benzene rings is 2. The van der Waals surface area contributed by atoms with Gasteiger partial charge in [0, 0.05) is 5.56 Å². The summed E-state index contributed by atoms with van der Waals surface area (Å²) in [7, 11) is 0. The molecule has 1 aliphatic heterocycles. The van der Waals surface area contributed by atoms with Gasteiger partial charge in [0.15, 0.2) is 4.80 Å². The minimum absolute atomic E-state index is 0.222. The van der Waals surface area contributed by atoms with E-state index in [0.29, 0.717) is 39.1 Å². The third-order valence-electron chi connectivity index (χ3n) is 7.75. The Labute approximate surface area is 240 Å². The van der Waals surface area contributed by atoms with Crippen LogP contribution in [0.1, 0.15) is 68.8 Å². The van der Waals surface area contributed by atoms with Gasteiger partial charge in [0.25, 0.3) is 5.56 Å². The fraction of sp³-hybridized carbons (Fsp3) is 0.323. The van der Waals surface area contributed by atoms with Crippen LogP contribution < -0.4 is 14.9 Å². The van der Waals surface area contributed by atoms with Gasteiger partial charge in [-0.05, 0) is 44.4 Å². The Balaban J connectivity index is 1.46. The summed E-state index contributed by atoms with van der Waals surface area (Å²) in [5, 5.41) is 19.8. The molecule has 1 saturated carbocycles. The Morgan fingerprint density at radius 3 is 2.61 bits per heavy atom. The van der Waals surface area contributed by atoms with E-state index in [0.717, 1.165) is 36.1 Å². The predicted molar refractivity (Wildman–Crippen MR) is 155 cm³/mol. The zero-order valence-corrected chi connectivity index (χ0v) is 23.8. The summed E-state index contributed by atoms with van der Waals surface area (Å²) >= 11 is 1.27. The van der Waals surface area contributed by atoms with Crippen LogP contribution in [0.3, 0.4) is 0 Å². The quantitative estimate of drug-likeness (QED) is 0.356. The van der Waals surface area contributed by atoms with Crippen molar-refractivity contribution in [2.45, 2.75) is 57.6 Å². The second kappa shape index (κ2) is 11.0. The van der Waals surface area contributed by atoms with E-state index in [1.807, 2.05) is 60.7 Å². The number of carbonyl (C=O) groups is 1. The van der Waals surface area contributed by atoms with Gasteiger partial charge in [0.05, 0.1) is 40.3 Å². The molecule has 0 radical (unpaired) electrons. The lowest BCUT2D eigenvalue weighted by molar-refractivity contribution is -0.139. The molecule has 2 aromatic heterocycles. The zero-order chi connectivity index (χ0) is 28.6. The monoisotopic (exact) mass is 569 g/mol. The summed E-state index contributed by atoms with van der Waals surface area (Å²) in [6.45, 7) is 3.75. The number of rotatable bonds is 6. The van der Waals surface area contributed by atoms with Crippen molar-refractivity contribution < 1.29 is 14.6 Å². The first kappa shape index (κ1) is 27.0. The summed E-state index contributed by atoms with van der Waals surface area (Å²) in [6.07, 6.45) is 7.98. The molecule has 0 bridgehead atoms. The predicted octanol–water partition coefficient (Wildman–Crippen LogP) is 3.53. The molecule has 9 nitrogen and oxygen atoms in total. The van der Waals surface area contributed by atoms with Crippen molar-refractivity contribution in [2.75, 3.05) is 6.61 Å². The zero-order valence-electron chi connectivity index (χ0n) is 23.0. The fourth-order valence-corrected chi connectivity index (χ4v) is 6.73. The number of para-hydroxylation sites is 1. The number of thiazole rings is 1. The largest absolute Gasteiger partial charge is 0.463 e. The maximum absolute atomic E-state index is 14.0. The third-order valence-corrected chi connectivity index (χ3v) is 8.74. The number of aromatic nitrogens is 4. The van der Waals surface area contributed by atoms with Crippen molar-refractivity contribution >= 4 is 23.4 Å². The van der Waals surface area contributed by atoms with Crippen molar-refractivity contribution in [1.29, 1.82) is 0 Å². The van der Waals surface area contributed by atoms with Crippen molar-refractivity contribution in [3.8, 4) is 5.69 Å². The normalized spacial score (nSPS) is 18.6. The fourth-order valence-electron chi connectivity index (χ4n) is 5.69. The summed E-state index contributed by atoms with van der Waals surface area (Å²) in [5.41, 5.74) is 2.54. The second-order valence-corrected chi connectivity index (χ2v) is 11.4. The number of ether oxygens (including phenoxy) is 1. The van der Waals surface area contributed by atoms with Crippen LogP contribution in [0.2, 0.25) is 0 Å². The number of esters is 1. The van der Waals surface area contributed by atoms with Crippen LogP contribution in [0, 0.1) is 0 Å². The van der Waals surface area contributed by atoms with Gasteiger partial charge in [0.1, 0.15) is 11.3 Å². The lowest BCUT2D eigenvalue weighted by Crippen LogP contribution is -2.39. The number of aliphatic hydroxyl groups is 1. The van der Waals surface area contributed by atoms with E-state index >= 15 is 0 Å². The lowest BCUT2D eigenvalue weighted by Gasteiger charge is -2.29. The summed E-state index contributed by atoms with van der Waals surface area (Å²) in [4.78, 5) is 32.2. The van der Waals surface area contributed by atoms with Crippen LogP contribution >= 0.6 is 11.3 Å². The van der Waals surface area contributed by atoms with Gasteiger partial charge in [0.2, 0.25) is 0 Å². The molecule has 2 aliphatic rings. The van der Waals surface area contributed by atoms with Crippen molar-refractivity contribution in [1.82, 2.24) is 19.6 Å². The number of hydrogen-bond acceptors (Lipinski definition) is 8.